The van der Waals surface area contributed by atoms with Gasteiger partial charge in [0.05, 0.1) is 0 Å². The van der Waals surface area contributed by atoms with Crippen molar-refractivity contribution in [2.45, 2.75) is 38.4 Å². The van der Waals surface area contributed by atoms with Gasteiger partial charge >= 0.3 is 0 Å². The number of benzene rings is 1. The van der Waals surface area contributed by atoms with Gasteiger partial charge in [-0.25, -0.2) is 8.78 Å². The Morgan fingerprint density at radius 1 is 1.50 bits per heavy atom. The van der Waals surface area contributed by atoms with Crippen LogP contribution >= 0.6 is 0 Å². The maximum absolute atomic E-state index is 13.5. The maximum Gasteiger partial charge on any atom is 0.129 e. The Morgan fingerprint density at radius 3 is 2.94 bits per heavy atom. The van der Waals surface area contributed by atoms with Gasteiger partial charge in [0.1, 0.15) is 12.0 Å². The first kappa shape index (κ1) is 11.5. The molecule has 2 atom stereocenters. The molecule has 0 radical (unpaired) electrons. The van der Waals surface area contributed by atoms with E-state index in [1.54, 1.807) is 6.07 Å². The highest BCUT2D eigenvalue weighted by Crippen LogP contribution is 2.26. The molecule has 1 aromatic carbocycles. The fraction of sp³-hybridized carbons (Fsp3) is 0.538. The standard InChI is InChI=1S/C13H17F2N/c1-9(14)13-10(4-2-6-12(13)15)8-11-5-3-7-16-11/h2,4,6,9,11,16H,3,5,7-8H2,1H3. The number of alkyl halides is 1. The van der Waals surface area contributed by atoms with Gasteiger partial charge in [-0.05, 0) is 44.4 Å². The molecule has 0 aliphatic carbocycles. The molecule has 2 rings (SSSR count). The molecule has 1 aliphatic heterocycles. The molecule has 1 aromatic rings. The van der Waals surface area contributed by atoms with Crippen molar-refractivity contribution < 1.29 is 8.78 Å². The molecule has 2 unspecified atom stereocenters. The Hall–Kier alpha value is -0.960. The summed E-state index contributed by atoms with van der Waals surface area (Å²) >= 11 is 0. The summed E-state index contributed by atoms with van der Waals surface area (Å²) in [7, 11) is 0. The Morgan fingerprint density at radius 2 is 2.31 bits per heavy atom. The summed E-state index contributed by atoms with van der Waals surface area (Å²) in [5, 5.41) is 3.35. The first-order valence-corrected chi connectivity index (χ1v) is 5.83. The van der Waals surface area contributed by atoms with Crippen LogP contribution in [0.15, 0.2) is 18.2 Å². The monoisotopic (exact) mass is 225 g/mol. The molecule has 1 nitrogen and oxygen atoms in total. The predicted octanol–water partition coefficient (Wildman–Crippen LogP) is 3.15. The van der Waals surface area contributed by atoms with E-state index >= 15 is 0 Å². The van der Waals surface area contributed by atoms with Gasteiger partial charge in [0.2, 0.25) is 0 Å². The van der Waals surface area contributed by atoms with Crippen LogP contribution in [0.25, 0.3) is 0 Å². The number of hydrogen-bond acceptors (Lipinski definition) is 1. The minimum Gasteiger partial charge on any atom is -0.314 e. The molecule has 1 aliphatic rings. The van der Waals surface area contributed by atoms with Crippen molar-refractivity contribution in [1.82, 2.24) is 5.32 Å². The molecule has 0 amide bonds. The Bertz CT molecular complexity index is 357. The molecular weight excluding hydrogens is 208 g/mol. The van der Waals surface area contributed by atoms with Crippen LogP contribution in [0.3, 0.4) is 0 Å². The van der Waals surface area contributed by atoms with Gasteiger partial charge in [-0.2, -0.15) is 0 Å². The highest BCUT2D eigenvalue weighted by molar-refractivity contribution is 5.31. The van der Waals surface area contributed by atoms with Crippen molar-refractivity contribution in [3.05, 3.63) is 35.1 Å². The predicted molar refractivity (Wildman–Crippen MR) is 60.7 cm³/mol. The van der Waals surface area contributed by atoms with Crippen LogP contribution < -0.4 is 5.32 Å². The lowest BCUT2D eigenvalue weighted by Gasteiger charge is -2.15. The molecule has 0 spiro atoms. The van der Waals surface area contributed by atoms with Crippen molar-refractivity contribution in [2.75, 3.05) is 6.54 Å². The first-order chi connectivity index (χ1) is 7.68. The highest BCUT2D eigenvalue weighted by Gasteiger charge is 2.20. The smallest absolute Gasteiger partial charge is 0.129 e. The lowest BCUT2D eigenvalue weighted by molar-refractivity contribution is 0.357. The van der Waals surface area contributed by atoms with Crippen LogP contribution in [0.1, 0.15) is 37.1 Å². The largest absolute Gasteiger partial charge is 0.314 e. The van der Waals surface area contributed by atoms with Crippen molar-refractivity contribution in [3.8, 4) is 0 Å². The van der Waals surface area contributed by atoms with Gasteiger partial charge < -0.3 is 5.32 Å². The quantitative estimate of drug-likeness (QED) is 0.833. The van der Waals surface area contributed by atoms with E-state index in [2.05, 4.69) is 5.32 Å². The molecule has 0 bridgehead atoms. The van der Waals surface area contributed by atoms with Gasteiger partial charge in [-0.1, -0.05) is 12.1 Å². The third kappa shape index (κ3) is 2.40. The number of rotatable bonds is 3. The fourth-order valence-electron chi connectivity index (χ4n) is 2.40. The van der Waals surface area contributed by atoms with Crippen LogP contribution in [-0.4, -0.2) is 12.6 Å². The lowest BCUT2D eigenvalue weighted by atomic mass is 9.96. The topological polar surface area (TPSA) is 12.0 Å². The van der Waals surface area contributed by atoms with Crippen molar-refractivity contribution >= 4 is 0 Å². The summed E-state index contributed by atoms with van der Waals surface area (Å²) in [5.41, 5.74) is 1.03. The number of hydrogen-bond donors (Lipinski definition) is 1. The van der Waals surface area contributed by atoms with Gasteiger partial charge in [-0.15, -0.1) is 0 Å². The van der Waals surface area contributed by atoms with E-state index < -0.39 is 12.0 Å². The molecule has 16 heavy (non-hydrogen) atoms. The maximum atomic E-state index is 13.5. The molecule has 1 heterocycles. The van der Waals surface area contributed by atoms with Crippen LogP contribution in [-0.2, 0) is 6.42 Å². The van der Waals surface area contributed by atoms with Crippen molar-refractivity contribution in [1.29, 1.82) is 0 Å². The average Bonchev–Trinajstić information content (AvgIpc) is 2.70. The summed E-state index contributed by atoms with van der Waals surface area (Å²) in [6, 6.07) is 5.19. The summed E-state index contributed by atoms with van der Waals surface area (Å²) in [5.74, 6) is -0.425. The van der Waals surface area contributed by atoms with E-state index in [9.17, 15) is 8.78 Å². The fourth-order valence-corrected chi connectivity index (χ4v) is 2.40. The van der Waals surface area contributed by atoms with Crippen LogP contribution in [0.5, 0.6) is 0 Å². The van der Waals surface area contributed by atoms with Gasteiger partial charge in [0, 0.05) is 11.6 Å². The summed E-state index contributed by atoms with van der Waals surface area (Å²) in [6.45, 7) is 2.41. The normalized spacial score (nSPS) is 22.3. The Balaban J connectivity index is 2.21. The number of halogens is 2. The second-order valence-electron chi connectivity index (χ2n) is 4.43. The average molecular weight is 225 g/mol. The van der Waals surface area contributed by atoms with E-state index in [4.69, 9.17) is 0 Å². The van der Waals surface area contributed by atoms with Crippen LogP contribution in [0.4, 0.5) is 8.78 Å². The van der Waals surface area contributed by atoms with Crippen molar-refractivity contribution in [2.24, 2.45) is 0 Å². The molecule has 1 N–H and O–H groups in total. The van der Waals surface area contributed by atoms with E-state index in [0.717, 1.165) is 31.4 Å². The van der Waals surface area contributed by atoms with Crippen LogP contribution in [0, 0.1) is 5.82 Å². The summed E-state index contributed by atoms with van der Waals surface area (Å²) in [4.78, 5) is 0. The molecule has 1 saturated heterocycles. The SMILES string of the molecule is CC(F)c1c(F)cccc1CC1CCCN1. The zero-order valence-corrected chi connectivity index (χ0v) is 9.47. The van der Waals surface area contributed by atoms with E-state index in [-0.39, 0.29) is 5.56 Å². The summed E-state index contributed by atoms with van der Waals surface area (Å²) in [6.07, 6.45) is 1.73. The molecular formula is C13H17F2N. The van der Waals surface area contributed by atoms with Gasteiger partial charge in [0.25, 0.3) is 0 Å². The zero-order valence-electron chi connectivity index (χ0n) is 9.47. The van der Waals surface area contributed by atoms with Gasteiger partial charge in [0.15, 0.2) is 0 Å². The second-order valence-corrected chi connectivity index (χ2v) is 4.43. The van der Waals surface area contributed by atoms with E-state index in [0.29, 0.717) is 6.04 Å². The van der Waals surface area contributed by atoms with Gasteiger partial charge in [-0.3, -0.25) is 0 Å². The summed E-state index contributed by atoms with van der Waals surface area (Å²) < 4.78 is 26.9. The molecule has 1 fully saturated rings. The van der Waals surface area contributed by atoms with E-state index in [1.165, 1.54) is 13.0 Å². The Kier molecular flexibility index (Phi) is 3.54. The third-order valence-electron chi connectivity index (χ3n) is 3.17. The minimum atomic E-state index is -1.24. The second kappa shape index (κ2) is 4.91. The number of nitrogens with one attached hydrogen (secondary N) is 1. The molecule has 88 valence electrons. The lowest BCUT2D eigenvalue weighted by Crippen LogP contribution is -2.24. The molecule has 0 aromatic heterocycles. The minimum absolute atomic E-state index is 0.233. The molecule has 0 saturated carbocycles. The third-order valence-corrected chi connectivity index (χ3v) is 3.17. The van der Waals surface area contributed by atoms with Crippen molar-refractivity contribution in [3.63, 3.8) is 0 Å². The van der Waals surface area contributed by atoms with Crippen LogP contribution in [0.2, 0.25) is 0 Å². The Labute approximate surface area is 94.9 Å². The highest BCUT2D eigenvalue weighted by atomic mass is 19.1. The molecule has 3 heteroatoms. The zero-order chi connectivity index (χ0) is 11.5. The van der Waals surface area contributed by atoms with E-state index in [1.807, 2.05) is 6.07 Å². The first-order valence-electron chi connectivity index (χ1n) is 5.83.